The number of carbonyl (C=O) groups excluding carboxylic acids is 1. The van der Waals surface area contributed by atoms with Crippen LogP contribution in [0.25, 0.3) is 0 Å². The standard InChI is InChI=1S/C10H18BrNO2/c1-4-9(11)10(13)12-5-8(3)14-6-7(12)2/h7-9H,4-6H2,1-3H3. The lowest BCUT2D eigenvalue weighted by Gasteiger charge is -2.37. The van der Waals surface area contributed by atoms with Crippen LogP contribution in [0.4, 0.5) is 0 Å². The second kappa shape index (κ2) is 5.12. The van der Waals surface area contributed by atoms with E-state index in [1.54, 1.807) is 0 Å². The van der Waals surface area contributed by atoms with Crippen LogP contribution < -0.4 is 0 Å². The quantitative estimate of drug-likeness (QED) is 0.712. The number of nitrogens with zero attached hydrogens (tertiary/aromatic N) is 1. The molecule has 1 aliphatic rings. The van der Waals surface area contributed by atoms with Crippen LogP contribution in [-0.4, -0.2) is 40.9 Å². The molecule has 4 heteroatoms. The molecule has 1 saturated heterocycles. The fourth-order valence-electron chi connectivity index (χ4n) is 1.56. The number of halogens is 1. The number of morpholine rings is 1. The summed E-state index contributed by atoms with van der Waals surface area (Å²) in [4.78, 5) is 13.8. The maximum atomic E-state index is 11.9. The largest absolute Gasteiger partial charge is 0.375 e. The molecule has 1 aliphatic heterocycles. The van der Waals surface area contributed by atoms with Crippen LogP contribution in [0.1, 0.15) is 27.2 Å². The summed E-state index contributed by atoms with van der Waals surface area (Å²) in [5.41, 5.74) is 0. The van der Waals surface area contributed by atoms with Crippen LogP contribution in [0.3, 0.4) is 0 Å². The highest BCUT2D eigenvalue weighted by atomic mass is 79.9. The molecule has 0 aromatic rings. The van der Waals surface area contributed by atoms with Gasteiger partial charge in [-0.05, 0) is 20.3 Å². The monoisotopic (exact) mass is 263 g/mol. The molecule has 82 valence electrons. The minimum atomic E-state index is -0.0461. The van der Waals surface area contributed by atoms with Gasteiger partial charge in [-0.2, -0.15) is 0 Å². The van der Waals surface area contributed by atoms with Crippen molar-refractivity contribution in [1.82, 2.24) is 4.90 Å². The van der Waals surface area contributed by atoms with Gasteiger partial charge in [0.25, 0.3) is 0 Å². The molecule has 1 rings (SSSR count). The molecule has 1 amide bonds. The molecule has 3 nitrogen and oxygen atoms in total. The van der Waals surface area contributed by atoms with E-state index >= 15 is 0 Å². The summed E-state index contributed by atoms with van der Waals surface area (Å²) in [7, 11) is 0. The van der Waals surface area contributed by atoms with Gasteiger partial charge in [-0.3, -0.25) is 4.79 Å². The van der Waals surface area contributed by atoms with Crippen LogP contribution in [-0.2, 0) is 9.53 Å². The van der Waals surface area contributed by atoms with Gasteiger partial charge in [0.2, 0.25) is 5.91 Å². The van der Waals surface area contributed by atoms with E-state index in [-0.39, 0.29) is 22.9 Å². The average Bonchev–Trinajstić information content (AvgIpc) is 2.19. The Labute approximate surface area is 93.9 Å². The molecular weight excluding hydrogens is 246 g/mol. The first-order valence-electron chi connectivity index (χ1n) is 5.12. The molecule has 0 bridgehead atoms. The predicted octanol–water partition coefficient (Wildman–Crippen LogP) is 1.80. The van der Waals surface area contributed by atoms with Crippen molar-refractivity contribution < 1.29 is 9.53 Å². The van der Waals surface area contributed by atoms with E-state index in [1.165, 1.54) is 0 Å². The van der Waals surface area contributed by atoms with E-state index < -0.39 is 0 Å². The van der Waals surface area contributed by atoms with Gasteiger partial charge in [-0.25, -0.2) is 0 Å². The lowest BCUT2D eigenvalue weighted by atomic mass is 10.2. The molecule has 0 spiro atoms. The minimum Gasteiger partial charge on any atom is -0.375 e. The predicted molar refractivity (Wildman–Crippen MR) is 59.6 cm³/mol. The van der Waals surface area contributed by atoms with Gasteiger partial charge in [0.05, 0.1) is 23.6 Å². The Morgan fingerprint density at radius 2 is 2.29 bits per heavy atom. The lowest BCUT2D eigenvalue weighted by molar-refractivity contribution is -0.142. The number of hydrogen-bond donors (Lipinski definition) is 0. The zero-order valence-electron chi connectivity index (χ0n) is 9.00. The van der Waals surface area contributed by atoms with Gasteiger partial charge in [-0.1, -0.05) is 22.9 Å². The molecule has 0 saturated carbocycles. The number of rotatable bonds is 2. The third kappa shape index (κ3) is 2.70. The van der Waals surface area contributed by atoms with Crippen LogP contribution in [0.15, 0.2) is 0 Å². The second-order valence-electron chi connectivity index (χ2n) is 3.86. The van der Waals surface area contributed by atoms with E-state index in [0.717, 1.165) is 6.42 Å². The first-order chi connectivity index (χ1) is 6.56. The maximum absolute atomic E-state index is 11.9. The van der Waals surface area contributed by atoms with Gasteiger partial charge >= 0.3 is 0 Å². The van der Waals surface area contributed by atoms with Gasteiger partial charge in [0, 0.05) is 6.54 Å². The normalized spacial score (nSPS) is 30.1. The molecule has 0 radical (unpaired) electrons. The second-order valence-corrected chi connectivity index (χ2v) is 4.96. The van der Waals surface area contributed by atoms with Crippen LogP contribution in [0, 0.1) is 0 Å². The highest BCUT2D eigenvalue weighted by Gasteiger charge is 2.30. The number of hydrogen-bond acceptors (Lipinski definition) is 2. The Kier molecular flexibility index (Phi) is 4.38. The summed E-state index contributed by atoms with van der Waals surface area (Å²) in [6.07, 6.45) is 0.990. The Morgan fingerprint density at radius 3 is 2.86 bits per heavy atom. The molecule has 0 aliphatic carbocycles. The first kappa shape index (κ1) is 12.0. The molecular formula is C10H18BrNO2. The van der Waals surface area contributed by atoms with E-state index in [0.29, 0.717) is 13.2 Å². The number of amides is 1. The molecule has 3 unspecified atom stereocenters. The van der Waals surface area contributed by atoms with Crippen molar-refractivity contribution in [3.63, 3.8) is 0 Å². The summed E-state index contributed by atoms with van der Waals surface area (Å²) >= 11 is 3.39. The van der Waals surface area contributed by atoms with E-state index in [9.17, 15) is 4.79 Å². The van der Waals surface area contributed by atoms with Gasteiger partial charge in [-0.15, -0.1) is 0 Å². The highest BCUT2D eigenvalue weighted by Crippen LogP contribution is 2.16. The van der Waals surface area contributed by atoms with Crippen molar-refractivity contribution in [2.75, 3.05) is 13.2 Å². The first-order valence-corrected chi connectivity index (χ1v) is 6.04. The van der Waals surface area contributed by atoms with Crippen molar-refractivity contribution >= 4 is 21.8 Å². The Bertz CT molecular complexity index is 210. The topological polar surface area (TPSA) is 29.5 Å². The Morgan fingerprint density at radius 1 is 1.64 bits per heavy atom. The SMILES string of the molecule is CCC(Br)C(=O)N1CC(C)OCC1C. The third-order valence-corrected chi connectivity index (χ3v) is 3.56. The molecule has 1 fully saturated rings. The van der Waals surface area contributed by atoms with Gasteiger partial charge in [0.15, 0.2) is 0 Å². The average molecular weight is 264 g/mol. The van der Waals surface area contributed by atoms with E-state index in [2.05, 4.69) is 15.9 Å². The summed E-state index contributed by atoms with van der Waals surface area (Å²) in [6, 6.07) is 0.199. The molecule has 1 heterocycles. The number of carbonyl (C=O) groups is 1. The van der Waals surface area contributed by atoms with Crippen molar-refractivity contribution in [3.05, 3.63) is 0 Å². The summed E-state index contributed by atoms with van der Waals surface area (Å²) < 4.78 is 5.47. The molecule has 0 aromatic carbocycles. The summed E-state index contributed by atoms with van der Waals surface area (Å²) in [5.74, 6) is 0.190. The Hall–Kier alpha value is -0.0900. The number of ether oxygens (including phenoxy) is 1. The molecule has 3 atom stereocenters. The smallest absolute Gasteiger partial charge is 0.236 e. The van der Waals surface area contributed by atoms with E-state index in [4.69, 9.17) is 4.74 Å². The van der Waals surface area contributed by atoms with Gasteiger partial charge < -0.3 is 9.64 Å². The van der Waals surface area contributed by atoms with Crippen molar-refractivity contribution in [2.24, 2.45) is 0 Å². The third-order valence-electron chi connectivity index (χ3n) is 2.52. The van der Waals surface area contributed by atoms with Crippen molar-refractivity contribution in [3.8, 4) is 0 Å². The van der Waals surface area contributed by atoms with Crippen molar-refractivity contribution in [1.29, 1.82) is 0 Å². The number of alkyl halides is 1. The summed E-state index contributed by atoms with van der Waals surface area (Å²) in [5, 5.41) is 0. The maximum Gasteiger partial charge on any atom is 0.236 e. The van der Waals surface area contributed by atoms with Crippen LogP contribution in [0.5, 0.6) is 0 Å². The van der Waals surface area contributed by atoms with E-state index in [1.807, 2.05) is 25.7 Å². The lowest BCUT2D eigenvalue weighted by Crippen LogP contribution is -2.52. The fraction of sp³-hybridized carbons (Fsp3) is 0.900. The molecule has 0 N–H and O–H groups in total. The minimum absolute atomic E-state index is 0.0461. The zero-order valence-corrected chi connectivity index (χ0v) is 10.6. The highest BCUT2D eigenvalue weighted by molar-refractivity contribution is 9.10. The fourth-order valence-corrected chi connectivity index (χ4v) is 1.83. The van der Waals surface area contributed by atoms with Gasteiger partial charge in [0.1, 0.15) is 0 Å². The van der Waals surface area contributed by atoms with Crippen molar-refractivity contribution in [2.45, 2.75) is 44.2 Å². The molecule has 14 heavy (non-hydrogen) atoms. The zero-order chi connectivity index (χ0) is 10.7. The van der Waals surface area contributed by atoms with Crippen LogP contribution in [0.2, 0.25) is 0 Å². The Balaban J connectivity index is 2.60. The summed E-state index contributed by atoms with van der Waals surface area (Å²) in [6.45, 7) is 7.39. The molecule has 0 aromatic heterocycles. The van der Waals surface area contributed by atoms with Crippen LogP contribution >= 0.6 is 15.9 Å².